The number of ketones is 1. The van der Waals surface area contributed by atoms with E-state index in [0.29, 0.717) is 16.8 Å². The Bertz CT molecular complexity index is 318. The molecule has 12 heavy (non-hydrogen) atoms. The molecule has 0 saturated carbocycles. The van der Waals surface area contributed by atoms with E-state index in [9.17, 15) is 4.79 Å². The first kappa shape index (κ1) is 8.81. The highest BCUT2D eigenvalue weighted by molar-refractivity contribution is 6.31. The highest BCUT2D eigenvalue weighted by Gasteiger charge is 2.00. The van der Waals surface area contributed by atoms with Crippen LogP contribution in [-0.2, 0) is 0 Å². The number of aliphatic hydroxyl groups is 1. The first-order valence-electron chi connectivity index (χ1n) is 3.34. The van der Waals surface area contributed by atoms with E-state index in [1.54, 1.807) is 24.3 Å². The zero-order valence-electron chi connectivity index (χ0n) is 6.20. The Morgan fingerprint density at radius 2 is 2.25 bits per heavy atom. The van der Waals surface area contributed by atoms with Crippen molar-refractivity contribution < 1.29 is 9.90 Å². The second-order valence-corrected chi connectivity index (χ2v) is 2.63. The van der Waals surface area contributed by atoms with Gasteiger partial charge in [-0.1, -0.05) is 23.7 Å². The molecular formula is C9H7ClO2. The van der Waals surface area contributed by atoms with Crippen molar-refractivity contribution in [2.75, 3.05) is 0 Å². The average Bonchev–Trinajstić information content (AvgIpc) is 2.05. The third kappa shape index (κ3) is 2.10. The van der Waals surface area contributed by atoms with E-state index >= 15 is 0 Å². The van der Waals surface area contributed by atoms with Gasteiger partial charge in [-0.05, 0) is 12.1 Å². The van der Waals surface area contributed by atoms with Crippen molar-refractivity contribution in [1.29, 1.82) is 0 Å². The molecule has 0 fully saturated rings. The summed E-state index contributed by atoms with van der Waals surface area (Å²) in [5.74, 6) is -0.264. The monoisotopic (exact) mass is 182 g/mol. The zero-order valence-corrected chi connectivity index (χ0v) is 6.95. The second kappa shape index (κ2) is 3.93. The molecule has 62 valence electrons. The standard InChI is InChI=1S/C9H7ClO2/c10-8-3-1-2-7(6-8)9(12)4-5-11/h1-6,11H. The summed E-state index contributed by atoms with van der Waals surface area (Å²) < 4.78 is 0. The quantitative estimate of drug-likeness (QED) is 0.434. The van der Waals surface area contributed by atoms with Gasteiger partial charge in [-0.15, -0.1) is 0 Å². The van der Waals surface area contributed by atoms with E-state index in [-0.39, 0.29) is 5.78 Å². The number of halogens is 1. The molecule has 0 bridgehead atoms. The molecule has 0 heterocycles. The summed E-state index contributed by atoms with van der Waals surface area (Å²) in [6, 6.07) is 6.54. The van der Waals surface area contributed by atoms with Crippen LogP contribution in [0.3, 0.4) is 0 Å². The summed E-state index contributed by atoms with van der Waals surface area (Å²) in [5, 5.41) is 8.84. The van der Waals surface area contributed by atoms with Crippen LogP contribution in [-0.4, -0.2) is 10.9 Å². The van der Waals surface area contributed by atoms with E-state index in [1.807, 2.05) is 0 Å². The molecular weight excluding hydrogens is 176 g/mol. The molecule has 0 aliphatic heterocycles. The molecule has 0 saturated heterocycles. The number of carbonyl (C=O) groups excluding carboxylic acids is 1. The first-order chi connectivity index (χ1) is 5.74. The predicted octanol–water partition coefficient (Wildman–Crippen LogP) is 2.59. The van der Waals surface area contributed by atoms with Crippen LogP contribution >= 0.6 is 11.6 Å². The zero-order chi connectivity index (χ0) is 8.97. The third-order valence-corrected chi connectivity index (χ3v) is 1.57. The highest BCUT2D eigenvalue weighted by Crippen LogP contribution is 2.11. The Morgan fingerprint density at radius 3 is 2.83 bits per heavy atom. The van der Waals surface area contributed by atoms with Crippen LogP contribution in [0.5, 0.6) is 0 Å². The van der Waals surface area contributed by atoms with Crippen LogP contribution in [0.1, 0.15) is 10.4 Å². The lowest BCUT2D eigenvalue weighted by Gasteiger charge is -1.94. The molecule has 0 spiro atoms. The molecule has 0 aliphatic carbocycles. The molecule has 1 aromatic rings. The summed E-state index contributed by atoms with van der Waals surface area (Å²) >= 11 is 5.65. The van der Waals surface area contributed by atoms with Crippen molar-refractivity contribution in [3.05, 3.63) is 47.2 Å². The summed E-state index contributed by atoms with van der Waals surface area (Å²) in [5.41, 5.74) is 0.466. The van der Waals surface area contributed by atoms with Gasteiger partial charge < -0.3 is 5.11 Å². The minimum atomic E-state index is -0.264. The number of carbonyl (C=O) groups is 1. The van der Waals surface area contributed by atoms with Crippen LogP contribution in [0.4, 0.5) is 0 Å². The highest BCUT2D eigenvalue weighted by atomic mass is 35.5. The molecule has 3 heteroatoms. The number of hydrogen-bond acceptors (Lipinski definition) is 2. The maximum absolute atomic E-state index is 11.1. The Kier molecular flexibility index (Phi) is 2.88. The van der Waals surface area contributed by atoms with Gasteiger partial charge in [-0.2, -0.15) is 0 Å². The SMILES string of the molecule is O=C(C=CO)c1cccc(Cl)c1. The van der Waals surface area contributed by atoms with E-state index in [2.05, 4.69) is 0 Å². The molecule has 0 aliphatic rings. The molecule has 0 unspecified atom stereocenters. The van der Waals surface area contributed by atoms with Gasteiger partial charge in [0.1, 0.15) is 0 Å². The van der Waals surface area contributed by atoms with Crippen LogP contribution in [0.15, 0.2) is 36.6 Å². The molecule has 1 aromatic carbocycles. The second-order valence-electron chi connectivity index (χ2n) is 2.19. The fraction of sp³-hybridized carbons (Fsp3) is 0. The molecule has 0 radical (unpaired) electrons. The Balaban J connectivity index is 2.96. The van der Waals surface area contributed by atoms with Gasteiger partial charge in [0, 0.05) is 16.7 Å². The smallest absolute Gasteiger partial charge is 0.188 e. The largest absolute Gasteiger partial charge is 0.515 e. The molecule has 0 aromatic heterocycles. The number of allylic oxidation sites excluding steroid dienone is 1. The van der Waals surface area contributed by atoms with Crippen LogP contribution in [0.2, 0.25) is 5.02 Å². The van der Waals surface area contributed by atoms with Gasteiger partial charge in [-0.25, -0.2) is 0 Å². The van der Waals surface area contributed by atoms with Crippen molar-refractivity contribution in [1.82, 2.24) is 0 Å². The van der Waals surface area contributed by atoms with E-state index in [4.69, 9.17) is 16.7 Å². The average molecular weight is 183 g/mol. The molecule has 1 N–H and O–H groups in total. The van der Waals surface area contributed by atoms with Gasteiger partial charge in [0.2, 0.25) is 0 Å². The Labute approximate surface area is 75.1 Å². The maximum atomic E-state index is 11.1. The van der Waals surface area contributed by atoms with E-state index in [1.165, 1.54) is 0 Å². The number of rotatable bonds is 2. The summed E-state index contributed by atoms with van der Waals surface area (Å²) in [4.78, 5) is 11.1. The predicted molar refractivity (Wildman–Crippen MR) is 47.6 cm³/mol. The topological polar surface area (TPSA) is 37.3 Å². The first-order valence-corrected chi connectivity index (χ1v) is 3.72. The normalized spacial score (nSPS) is 10.4. The fourth-order valence-corrected chi connectivity index (χ4v) is 0.996. The minimum Gasteiger partial charge on any atom is -0.515 e. The minimum absolute atomic E-state index is 0.264. The number of benzene rings is 1. The van der Waals surface area contributed by atoms with Crippen LogP contribution < -0.4 is 0 Å². The molecule has 0 atom stereocenters. The lowest BCUT2D eigenvalue weighted by Crippen LogP contribution is -1.92. The van der Waals surface area contributed by atoms with Crippen molar-refractivity contribution in [2.24, 2.45) is 0 Å². The van der Waals surface area contributed by atoms with E-state index < -0.39 is 0 Å². The van der Waals surface area contributed by atoms with E-state index in [0.717, 1.165) is 6.08 Å². The summed E-state index contributed by atoms with van der Waals surface area (Å²) in [6.07, 6.45) is 1.79. The summed E-state index contributed by atoms with van der Waals surface area (Å²) in [6.45, 7) is 0. The van der Waals surface area contributed by atoms with Crippen LogP contribution in [0, 0.1) is 0 Å². The molecule has 0 amide bonds. The van der Waals surface area contributed by atoms with Gasteiger partial charge in [0.05, 0.1) is 6.26 Å². The fourth-order valence-electron chi connectivity index (χ4n) is 0.806. The maximum Gasteiger partial charge on any atom is 0.188 e. The van der Waals surface area contributed by atoms with Gasteiger partial charge in [0.15, 0.2) is 5.78 Å². The van der Waals surface area contributed by atoms with Crippen molar-refractivity contribution in [2.45, 2.75) is 0 Å². The van der Waals surface area contributed by atoms with Crippen molar-refractivity contribution >= 4 is 17.4 Å². The molecule has 1 rings (SSSR count). The third-order valence-electron chi connectivity index (χ3n) is 1.34. The van der Waals surface area contributed by atoms with Gasteiger partial charge in [0.25, 0.3) is 0 Å². The van der Waals surface area contributed by atoms with Gasteiger partial charge >= 0.3 is 0 Å². The van der Waals surface area contributed by atoms with Crippen molar-refractivity contribution in [3.63, 3.8) is 0 Å². The summed E-state index contributed by atoms with van der Waals surface area (Å²) in [7, 11) is 0. The Morgan fingerprint density at radius 1 is 1.50 bits per heavy atom. The lowest BCUT2D eigenvalue weighted by molar-refractivity contribution is 0.104. The molecule has 2 nitrogen and oxygen atoms in total. The lowest BCUT2D eigenvalue weighted by atomic mass is 10.1. The number of hydrogen-bond donors (Lipinski definition) is 1. The number of aliphatic hydroxyl groups excluding tert-OH is 1. The Hall–Kier alpha value is -1.28. The van der Waals surface area contributed by atoms with Crippen LogP contribution in [0.25, 0.3) is 0 Å². The van der Waals surface area contributed by atoms with Gasteiger partial charge in [-0.3, -0.25) is 4.79 Å². The van der Waals surface area contributed by atoms with Crippen molar-refractivity contribution in [3.8, 4) is 0 Å².